The van der Waals surface area contributed by atoms with Crippen LogP contribution in [0, 0.1) is 0 Å². The number of carboxylic acids is 1. The molecular weight excluding hydrogens is 354 g/mol. The molecule has 0 aliphatic rings. The zero-order valence-corrected chi connectivity index (χ0v) is 14.5. The van der Waals surface area contributed by atoms with Crippen LogP contribution in [0.2, 0.25) is 0 Å². The Hall–Kier alpha value is -3.06. The molecule has 2 rings (SSSR count). The summed E-state index contributed by atoms with van der Waals surface area (Å²) >= 11 is 0. The summed E-state index contributed by atoms with van der Waals surface area (Å²) in [5, 5.41) is 9.95. The summed E-state index contributed by atoms with van der Waals surface area (Å²) in [7, 11) is -1.62. The lowest BCUT2D eigenvalue weighted by atomic mass is 10.0. The SMILES string of the molecule is O=C(O)/C=C/C(=O)NC(=O)CS(=O)C(c1ccccc1)c1ccccc1. The second kappa shape index (κ2) is 9.43. The maximum atomic E-state index is 12.8. The maximum absolute atomic E-state index is 12.8. The summed E-state index contributed by atoms with van der Waals surface area (Å²) in [4.78, 5) is 33.8. The van der Waals surface area contributed by atoms with Gasteiger partial charge in [-0.05, 0) is 11.1 Å². The molecule has 0 aromatic heterocycles. The van der Waals surface area contributed by atoms with Gasteiger partial charge < -0.3 is 5.11 Å². The fraction of sp³-hybridized carbons (Fsp3) is 0.105. The van der Waals surface area contributed by atoms with Crippen molar-refractivity contribution in [3.05, 3.63) is 83.9 Å². The van der Waals surface area contributed by atoms with Crippen molar-refractivity contribution < 1.29 is 23.7 Å². The van der Waals surface area contributed by atoms with Gasteiger partial charge in [0.05, 0.1) is 5.25 Å². The van der Waals surface area contributed by atoms with Gasteiger partial charge in [0.2, 0.25) is 5.91 Å². The van der Waals surface area contributed by atoms with Gasteiger partial charge >= 0.3 is 5.97 Å². The van der Waals surface area contributed by atoms with Gasteiger partial charge in [0.15, 0.2) is 0 Å². The molecule has 0 aliphatic heterocycles. The fourth-order valence-electron chi connectivity index (χ4n) is 2.33. The van der Waals surface area contributed by atoms with E-state index in [4.69, 9.17) is 5.11 Å². The first kappa shape index (κ1) is 19.3. The van der Waals surface area contributed by atoms with Gasteiger partial charge in [0, 0.05) is 23.0 Å². The molecule has 6 nitrogen and oxygen atoms in total. The second-order valence-corrected chi connectivity index (χ2v) is 6.83. The molecule has 134 valence electrons. The number of nitrogens with one attached hydrogen (secondary N) is 1. The van der Waals surface area contributed by atoms with Gasteiger partial charge in [-0.1, -0.05) is 60.7 Å². The highest BCUT2D eigenvalue weighted by Crippen LogP contribution is 2.28. The molecular formula is C19H17NO5S. The Labute approximate surface area is 153 Å². The number of amides is 2. The summed E-state index contributed by atoms with van der Waals surface area (Å²) in [5.41, 5.74) is 1.59. The third kappa shape index (κ3) is 5.78. The van der Waals surface area contributed by atoms with E-state index in [0.29, 0.717) is 6.08 Å². The molecule has 0 radical (unpaired) electrons. The quantitative estimate of drug-likeness (QED) is 0.723. The van der Waals surface area contributed by atoms with Crippen LogP contribution in [-0.4, -0.2) is 32.9 Å². The number of hydrogen-bond donors (Lipinski definition) is 2. The van der Waals surface area contributed by atoms with Gasteiger partial charge in [0.25, 0.3) is 5.91 Å². The Balaban J connectivity index is 2.14. The third-order valence-corrected chi connectivity index (χ3v) is 5.00. The van der Waals surface area contributed by atoms with Crippen molar-refractivity contribution in [1.29, 1.82) is 0 Å². The Morgan fingerprint density at radius 2 is 1.42 bits per heavy atom. The normalized spacial score (nSPS) is 12.0. The summed E-state index contributed by atoms with van der Waals surface area (Å²) in [6, 6.07) is 18.3. The van der Waals surface area contributed by atoms with Gasteiger partial charge in [-0.3, -0.25) is 19.1 Å². The average Bonchev–Trinajstić information content (AvgIpc) is 2.62. The average molecular weight is 371 g/mol. The van der Waals surface area contributed by atoms with E-state index in [2.05, 4.69) is 0 Å². The van der Waals surface area contributed by atoms with Crippen molar-refractivity contribution in [3.8, 4) is 0 Å². The van der Waals surface area contributed by atoms with Crippen LogP contribution in [0.3, 0.4) is 0 Å². The molecule has 2 aromatic rings. The van der Waals surface area contributed by atoms with Gasteiger partial charge in [-0.15, -0.1) is 0 Å². The first-order valence-electron chi connectivity index (χ1n) is 7.69. The minimum atomic E-state index is -1.62. The highest BCUT2D eigenvalue weighted by atomic mass is 32.2. The zero-order valence-electron chi connectivity index (χ0n) is 13.7. The topological polar surface area (TPSA) is 101 Å². The summed E-state index contributed by atoms with van der Waals surface area (Å²) in [5.74, 6) is -3.30. The van der Waals surface area contributed by atoms with Gasteiger partial charge in [0.1, 0.15) is 5.75 Å². The van der Waals surface area contributed by atoms with E-state index in [0.717, 1.165) is 17.2 Å². The number of carbonyl (C=O) groups excluding carboxylic acids is 2. The minimum Gasteiger partial charge on any atom is -0.478 e. The summed E-state index contributed by atoms with van der Waals surface area (Å²) < 4.78 is 12.8. The van der Waals surface area contributed by atoms with Crippen molar-refractivity contribution in [2.75, 3.05) is 5.75 Å². The Morgan fingerprint density at radius 1 is 0.923 bits per heavy atom. The standard InChI is InChI=1S/C19H17NO5S/c21-16(11-12-18(23)24)20-17(22)13-26(25)19(14-7-3-1-4-8-14)15-9-5-2-6-10-15/h1-12,19H,13H2,(H,23,24)(H,20,21,22)/b12-11+. The van der Waals surface area contributed by atoms with Crippen molar-refractivity contribution in [2.24, 2.45) is 0 Å². The van der Waals surface area contributed by atoms with Crippen LogP contribution < -0.4 is 5.32 Å². The Morgan fingerprint density at radius 3 is 1.88 bits per heavy atom. The monoisotopic (exact) mass is 371 g/mol. The van der Waals surface area contributed by atoms with Crippen LogP contribution in [-0.2, 0) is 25.2 Å². The predicted molar refractivity (Wildman–Crippen MR) is 97.7 cm³/mol. The van der Waals surface area contributed by atoms with Crippen molar-refractivity contribution >= 4 is 28.6 Å². The molecule has 1 atom stereocenters. The summed E-state index contributed by atoms with van der Waals surface area (Å²) in [6.45, 7) is 0. The van der Waals surface area contributed by atoms with Crippen LogP contribution in [0.1, 0.15) is 16.4 Å². The third-order valence-electron chi connectivity index (χ3n) is 3.38. The van der Waals surface area contributed by atoms with E-state index in [-0.39, 0.29) is 5.75 Å². The molecule has 2 amide bonds. The molecule has 1 unspecified atom stereocenters. The van der Waals surface area contributed by atoms with Crippen LogP contribution >= 0.6 is 0 Å². The lowest BCUT2D eigenvalue weighted by Gasteiger charge is -2.17. The number of rotatable bonds is 7. The van der Waals surface area contributed by atoms with Crippen LogP contribution in [0.4, 0.5) is 0 Å². The smallest absolute Gasteiger partial charge is 0.328 e. The number of imide groups is 1. The second-order valence-electron chi connectivity index (χ2n) is 5.31. The van der Waals surface area contributed by atoms with Crippen LogP contribution in [0.15, 0.2) is 72.8 Å². The Kier molecular flexibility index (Phi) is 6.99. The number of carboxylic acid groups (broad SMARTS) is 1. The molecule has 26 heavy (non-hydrogen) atoms. The minimum absolute atomic E-state index is 0.388. The van der Waals surface area contributed by atoms with E-state index in [1.165, 1.54) is 0 Å². The molecule has 0 bridgehead atoms. The number of hydrogen-bond acceptors (Lipinski definition) is 4. The molecule has 0 aliphatic carbocycles. The van der Waals surface area contributed by atoms with E-state index in [1.54, 1.807) is 0 Å². The first-order chi connectivity index (χ1) is 12.5. The molecule has 0 saturated carbocycles. The number of carbonyl (C=O) groups is 3. The maximum Gasteiger partial charge on any atom is 0.328 e. The molecule has 0 fully saturated rings. The highest BCUT2D eigenvalue weighted by Gasteiger charge is 2.23. The molecule has 0 saturated heterocycles. The number of aliphatic carboxylic acids is 1. The fourth-order valence-corrected chi connectivity index (χ4v) is 3.74. The summed E-state index contributed by atoms with van der Waals surface area (Å²) in [6.07, 6.45) is 1.35. The van der Waals surface area contributed by atoms with E-state index in [9.17, 15) is 18.6 Å². The van der Waals surface area contributed by atoms with E-state index in [1.807, 2.05) is 66.0 Å². The molecule has 2 N–H and O–H groups in total. The van der Waals surface area contributed by atoms with Crippen LogP contribution in [0.5, 0.6) is 0 Å². The Bertz CT molecular complexity index is 794. The lowest BCUT2D eigenvalue weighted by Crippen LogP contribution is -2.33. The first-order valence-corrected chi connectivity index (χ1v) is 9.07. The predicted octanol–water partition coefficient (Wildman–Crippen LogP) is 1.81. The molecule has 2 aromatic carbocycles. The highest BCUT2D eigenvalue weighted by molar-refractivity contribution is 7.86. The van der Waals surface area contributed by atoms with Crippen LogP contribution in [0.25, 0.3) is 0 Å². The van der Waals surface area contributed by atoms with Gasteiger partial charge in [-0.2, -0.15) is 0 Å². The van der Waals surface area contributed by atoms with E-state index < -0.39 is 33.8 Å². The zero-order chi connectivity index (χ0) is 18.9. The van der Waals surface area contributed by atoms with Crippen molar-refractivity contribution in [2.45, 2.75) is 5.25 Å². The molecule has 7 heteroatoms. The lowest BCUT2D eigenvalue weighted by molar-refractivity contribution is -0.132. The number of benzene rings is 2. The van der Waals surface area contributed by atoms with Crippen molar-refractivity contribution in [1.82, 2.24) is 5.32 Å². The van der Waals surface area contributed by atoms with Crippen molar-refractivity contribution in [3.63, 3.8) is 0 Å². The van der Waals surface area contributed by atoms with E-state index >= 15 is 0 Å². The van der Waals surface area contributed by atoms with Gasteiger partial charge in [-0.25, -0.2) is 4.79 Å². The molecule has 0 heterocycles. The molecule has 0 spiro atoms. The largest absolute Gasteiger partial charge is 0.478 e.